The van der Waals surface area contributed by atoms with Crippen molar-refractivity contribution in [2.75, 3.05) is 0 Å². The van der Waals surface area contributed by atoms with Crippen molar-refractivity contribution in [2.24, 2.45) is 7.05 Å². The SMILES string of the molecule is CCC(=O)OC(CC)Oc1c(C(=O)NCc2ccc(F)cc2)nc(C(C)(C)NC(=O)c2nnc(C)o2)n(C)c1=O. The molecule has 214 valence electrons. The summed E-state index contributed by atoms with van der Waals surface area (Å²) in [5.74, 6) is -3.06. The number of hydrogen-bond donors (Lipinski definition) is 2. The molecule has 2 aromatic heterocycles. The maximum atomic E-state index is 13.5. The average molecular weight is 559 g/mol. The van der Waals surface area contributed by atoms with Crippen LogP contribution in [0.3, 0.4) is 0 Å². The van der Waals surface area contributed by atoms with Crippen LogP contribution in [-0.2, 0) is 28.7 Å². The lowest BCUT2D eigenvalue weighted by molar-refractivity contribution is -0.163. The number of aromatic nitrogens is 4. The summed E-state index contributed by atoms with van der Waals surface area (Å²) < 4.78 is 30.5. The molecule has 2 amide bonds. The summed E-state index contributed by atoms with van der Waals surface area (Å²) in [7, 11) is 1.39. The first-order chi connectivity index (χ1) is 18.9. The predicted molar refractivity (Wildman–Crippen MR) is 138 cm³/mol. The smallest absolute Gasteiger partial charge is 0.309 e. The van der Waals surface area contributed by atoms with Crippen molar-refractivity contribution in [3.63, 3.8) is 0 Å². The van der Waals surface area contributed by atoms with Gasteiger partial charge in [0.1, 0.15) is 11.6 Å². The summed E-state index contributed by atoms with van der Waals surface area (Å²) in [5.41, 5.74) is -1.90. The van der Waals surface area contributed by atoms with Crippen molar-refractivity contribution in [2.45, 2.75) is 65.8 Å². The zero-order chi connectivity index (χ0) is 29.6. The minimum Gasteiger partial charge on any atom is -0.446 e. The molecule has 0 saturated heterocycles. The Morgan fingerprint density at radius 1 is 1.12 bits per heavy atom. The van der Waals surface area contributed by atoms with Gasteiger partial charge in [0.25, 0.3) is 11.5 Å². The summed E-state index contributed by atoms with van der Waals surface area (Å²) in [4.78, 5) is 55.9. The van der Waals surface area contributed by atoms with E-state index in [0.29, 0.717) is 5.56 Å². The van der Waals surface area contributed by atoms with E-state index in [1.165, 1.54) is 38.2 Å². The molecule has 1 unspecified atom stereocenters. The molecule has 0 aliphatic heterocycles. The minimum absolute atomic E-state index is 0.0000270. The quantitative estimate of drug-likeness (QED) is 0.263. The van der Waals surface area contributed by atoms with Crippen molar-refractivity contribution in [3.8, 4) is 5.75 Å². The van der Waals surface area contributed by atoms with Crippen LogP contribution in [0.4, 0.5) is 4.39 Å². The van der Waals surface area contributed by atoms with E-state index in [2.05, 4.69) is 25.8 Å². The number of carbonyl (C=O) groups is 3. The molecule has 0 aliphatic carbocycles. The number of benzene rings is 1. The van der Waals surface area contributed by atoms with E-state index in [0.717, 1.165) is 4.57 Å². The summed E-state index contributed by atoms with van der Waals surface area (Å²) >= 11 is 0. The number of aryl methyl sites for hydroxylation is 1. The van der Waals surface area contributed by atoms with Crippen LogP contribution >= 0.6 is 0 Å². The number of nitrogens with one attached hydrogen (secondary N) is 2. The van der Waals surface area contributed by atoms with E-state index < -0.39 is 52.4 Å². The second kappa shape index (κ2) is 12.5. The van der Waals surface area contributed by atoms with Crippen LogP contribution in [0.25, 0.3) is 0 Å². The van der Waals surface area contributed by atoms with Crippen molar-refractivity contribution < 1.29 is 32.7 Å². The highest BCUT2D eigenvalue weighted by atomic mass is 19.1. The van der Waals surface area contributed by atoms with Crippen LogP contribution in [0.1, 0.15) is 79.0 Å². The molecule has 2 heterocycles. The van der Waals surface area contributed by atoms with Crippen molar-refractivity contribution in [1.82, 2.24) is 30.4 Å². The number of amides is 2. The van der Waals surface area contributed by atoms with Crippen molar-refractivity contribution in [3.05, 3.63) is 69.3 Å². The molecule has 0 aliphatic rings. The lowest BCUT2D eigenvalue weighted by Crippen LogP contribution is -2.46. The van der Waals surface area contributed by atoms with Crippen LogP contribution in [0.2, 0.25) is 0 Å². The van der Waals surface area contributed by atoms with Gasteiger partial charge in [-0.05, 0) is 31.5 Å². The van der Waals surface area contributed by atoms with Gasteiger partial charge in [-0.15, -0.1) is 10.2 Å². The number of rotatable bonds is 11. The fraction of sp³-hybridized carbons (Fsp3) is 0.423. The van der Waals surface area contributed by atoms with E-state index in [9.17, 15) is 23.6 Å². The molecular weight excluding hydrogens is 527 g/mol. The van der Waals surface area contributed by atoms with Crippen LogP contribution in [0.5, 0.6) is 5.75 Å². The number of nitrogens with zero attached hydrogens (tertiary/aromatic N) is 4. The summed E-state index contributed by atoms with van der Waals surface area (Å²) in [6.07, 6.45) is -0.906. The van der Waals surface area contributed by atoms with Gasteiger partial charge in [-0.3, -0.25) is 23.7 Å². The number of halogens is 1. The van der Waals surface area contributed by atoms with E-state index in [1.54, 1.807) is 27.7 Å². The second-order valence-electron chi connectivity index (χ2n) is 9.29. The van der Waals surface area contributed by atoms with Crippen LogP contribution in [-0.4, -0.2) is 43.8 Å². The van der Waals surface area contributed by atoms with E-state index in [1.807, 2.05) is 0 Å². The lowest BCUT2D eigenvalue weighted by Gasteiger charge is -2.28. The average Bonchev–Trinajstić information content (AvgIpc) is 3.36. The summed E-state index contributed by atoms with van der Waals surface area (Å²) in [6.45, 7) is 7.92. The molecular formula is C26H31FN6O7. The molecule has 0 radical (unpaired) electrons. The van der Waals surface area contributed by atoms with Gasteiger partial charge in [0.05, 0.1) is 5.54 Å². The molecule has 2 N–H and O–H groups in total. The monoisotopic (exact) mass is 558 g/mol. The van der Waals surface area contributed by atoms with Gasteiger partial charge in [-0.25, -0.2) is 9.37 Å². The fourth-order valence-electron chi connectivity index (χ4n) is 3.60. The van der Waals surface area contributed by atoms with E-state index >= 15 is 0 Å². The molecule has 3 aromatic rings. The third-order valence-corrected chi connectivity index (χ3v) is 5.67. The van der Waals surface area contributed by atoms with Crippen molar-refractivity contribution in [1.29, 1.82) is 0 Å². The maximum absolute atomic E-state index is 13.5. The second-order valence-corrected chi connectivity index (χ2v) is 9.29. The van der Waals surface area contributed by atoms with E-state index in [-0.39, 0.29) is 37.0 Å². The molecule has 0 spiro atoms. The van der Waals surface area contributed by atoms with Gasteiger partial charge in [0, 0.05) is 33.4 Å². The van der Waals surface area contributed by atoms with Gasteiger partial charge < -0.3 is 24.5 Å². The lowest BCUT2D eigenvalue weighted by atomic mass is 10.0. The molecule has 0 fully saturated rings. The Morgan fingerprint density at radius 3 is 2.38 bits per heavy atom. The first kappa shape index (κ1) is 29.9. The van der Waals surface area contributed by atoms with Crippen LogP contribution < -0.4 is 20.9 Å². The predicted octanol–water partition coefficient (Wildman–Crippen LogP) is 2.27. The van der Waals surface area contributed by atoms with Crippen molar-refractivity contribution >= 4 is 17.8 Å². The molecule has 40 heavy (non-hydrogen) atoms. The minimum atomic E-state index is -1.32. The highest BCUT2D eigenvalue weighted by Gasteiger charge is 2.34. The van der Waals surface area contributed by atoms with E-state index in [4.69, 9.17) is 13.9 Å². The Balaban J connectivity index is 2.02. The Morgan fingerprint density at radius 2 is 1.80 bits per heavy atom. The molecule has 0 saturated carbocycles. The molecule has 0 bridgehead atoms. The van der Waals surface area contributed by atoms with Gasteiger partial charge in [-0.1, -0.05) is 26.0 Å². The standard InChI is InChI=1S/C26H31FN6O7/c1-7-17(34)39-18(8-2)40-20-19(21(35)28-13-15-9-11-16(27)12-10-15)29-25(33(6)24(20)37)26(4,5)30-22(36)23-32-31-14(3)38-23/h9-12,18H,7-8,13H2,1-6H3,(H,28,35)(H,30,36). The highest BCUT2D eigenvalue weighted by molar-refractivity contribution is 5.95. The van der Waals surface area contributed by atoms with Gasteiger partial charge in [0.15, 0.2) is 5.69 Å². The summed E-state index contributed by atoms with van der Waals surface area (Å²) in [6, 6.07) is 5.47. The molecule has 13 nitrogen and oxygen atoms in total. The maximum Gasteiger partial charge on any atom is 0.309 e. The third-order valence-electron chi connectivity index (χ3n) is 5.67. The Kier molecular flexibility index (Phi) is 9.35. The molecule has 1 atom stereocenters. The van der Waals surface area contributed by atoms with Gasteiger partial charge in [0.2, 0.25) is 17.9 Å². The largest absolute Gasteiger partial charge is 0.446 e. The number of esters is 1. The molecule has 1 aromatic carbocycles. The zero-order valence-corrected chi connectivity index (χ0v) is 23.0. The Labute approximate surface area is 229 Å². The summed E-state index contributed by atoms with van der Waals surface area (Å²) in [5, 5.41) is 12.6. The zero-order valence-electron chi connectivity index (χ0n) is 23.0. The van der Waals surface area contributed by atoms with Gasteiger partial charge in [-0.2, -0.15) is 0 Å². The topological polar surface area (TPSA) is 168 Å². The Hall–Kier alpha value is -4.62. The van der Waals surface area contributed by atoms with Crippen LogP contribution in [0, 0.1) is 12.7 Å². The highest BCUT2D eigenvalue weighted by Crippen LogP contribution is 2.22. The fourth-order valence-corrected chi connectivity index (χ4v) is 3.60. The number of carbonyl (C=O) groups excluding carboxylic acids is 3. The Bertz CT molecular complexity index is 1450. The molecule has 14 heteroatoms. The first-order valence-electron chi connectivity index (χ1n) is 12.5. The number of hydrogen-bond acceptors (Lipinski definition) is 10. The number of ether oxygens (including phenoxy) is 2. The third kappa shape index (κ3) is 7.07. The van der Waals surface area contributed by atoms with Gasteiger partial charge >= 0.3 is 17.8 Å². The normalized spacial score (nSPS) is 12.0. The van der Waals surface area contributed by atoms with Crippen LogP contribution in [0.15, 0.2) is 33.5 Å². The first-order valence-corrected chi connectivity index (χ1v) is 12.5. The molecule has 3 rings (SSSR count).